The van der Waals surface area contributed by atoms with E-state index in [0.717, 1.165) is 18.5 Å². The van der Waals surface area contributed by atoms with Gasteiger partial charge in [0.1, 0.15) is 5.82 Å². The maximum atomic E-state index is 4.82. The van der Waals surface area contributed by atoms with Crippen LogP contribution in [0.4, 0.5) is 0 Å². The molecule has 0 saturated heterocycles. The summed E-state index contributed by atoms with van der Waals surface area (Å²) in [5.41, 5.74) is 2.46. The van der Waals surface area contributed by atoms with Crippen molar-refractivity contribution in [2.75, 3.05) is 6.54 Å². The zero-order valence-corrected chi connectivity index (χ0v) is 12.6. The lowest BCUT2D eigenvalue weighted by atomic mass is 9.90. The fourth-order valence-corrected chi connectivity index (χ4v) is 3.62. The lowest BCUT2D eigenvalue weighted by molar-refractivity contribution is 0.288. The highest BCUT2D eigenvalue weighted by molar-refractivity contribution is 5.76. The fraction of sp³-hybridized carbons (Fsp3) is 0.588. The summed E-state index contributed by atoms with van der Waals surface area (Å²) in [5.74, 6) is 1.24. The Hall–Kier alpha value is -1.35. The van der Waals surface area contributed by atoms with E-state index in [1.807, 2.05) is 0 Å². The molecule has 3 rings (SSSR count). The molecule has 1 aliphatic carbocycles. The van der Waals surface area contributed by atoms with Gasteiger partial charge in [-0.1, -0.05) is 26.0 Å². The van der Waals surface area contributed by atoms with E-state index in [2.05, 4.69) is 48.0 Å². The van der Waals surface area contributed by atoms with E-state index in [-0.39, 0.29) is 0 Å². The summed E-state index contributed by atoms with van der Waals surface area (Å²) in [7, 11) is 0. The van der Waals surface area contributed by atoms with Crippen LogP contribution in [0.3, 0.4) is 0 Å². The van der Waals surface area contributed by atoms with Crippen molar-refractivity contribution >= 4 is 11.0 Å². The molecule has 1 heterocycles. The van der Waals surface area contributed by atoms with Crippen LogP contribution < -0.4 is 5.32 Å². The Balaban J connectivity index is 1.95. The summed E-state index contributed by atoms with van der Waals surface area (Å²) in [6, 6.07) is 9.85. The molecule has 2 aromatic rings. The van der Waals surface area contributed by atoms with Crippen LogP contribution in [-0.4, -0.2) is 22.1 Å². The van der Waals surface area contributed by atoms with E-state index in [1.54, 1.807) is 0 Å². The highest BCUT2D eigenvalue weighted by atomic mass is 15.1. The van der Waals surface area contributed by atoms with Crippen LogP contribution >= 0.6 is 0 Å². The molecule has 3 nitrogen and oxygen atoms in total. The first-order chi connectivity index (χ1) is 9.83. The molecule has 2 unspecified atom stereocenters. The zero-order valence-electron chi connectivity index (χ0n) is 12.6. The molecule has 0 bridgehead atoms. The molecule has 2 atom stereocenters. The minimum atomic E-state index is 0.607. The normalized spacial score (nSPS) is 23.3. The minimum absolute atomic E-state index is 0.607. The highest BCUT2D eigenvalue weighted by Gasteiger charge is 2.25. The number of hydrogen-bond acceptors (Lipinski definition) is 2. The van der Waals surface area contributed by atoms with Crippen molar-refractivity contribution in [3.05, 3.63) is 30.1 Å². The third kappa shape index (κ3) is 2.47. The Bertz CT molecular complexity index is 571. The number of nitrogens with zero attached hydrogens (tertiary/aromatic N) is 2. The third-order valence-corrected chi connectivity index (χ3v) is 4.49. The first kappa shape index (κ1) is 13.6. The number of hydrogen-bond donors (Lipinski definition) is 1. The molecular weight excluding hydrogens is 246 g/mol. The van der Waals surface area contributed by atoms with E-state index < -0.39 is 0 Å². The Morgan fingerprint density at radius 1 is 1.25 bits per heavy atom. The van der Waals surface area contributed by atoms with Gasteiger partial charge in [0.15, 0.2) is 0 Å². The van der Waals surface area contributed by atoms with Gasteiger partial charge in [-0.2, -0.15) is 0 Å². The lowest BCUT2D eigenvalue weighted by Crippen LogP contribution is -2.35. The van der Waals surface area contributed by atoms with Crippen LogP contribution in [0.1, 0.15) is 51.4 Å². The van der Waals surface area contributed by atoms with Crippen LogP contribution in [-0.2, 0) is 6.42 Å². The minimum Gasteiger partial charge on any atom is -0.325 e. The van der Waals surface area contributed by atoms with Crippen molar-refractivity contribution in [2.45, 2.75) is 58.0 Å². The summed E-state index contributed by atoms with van der Waals surface area (Å²) < 4.78 is 2.51. The summed E-state index contributed by atoms with van der Waals surface area (Å²) >= 11 is 0. The fourth-order valence-electron chi connectivity index (χ4n) is 3.62. The molecule has 1 saturated carbocycles. The van der Waals surface area contributed by atoms with Crippen molar-refractivity contribution in [2.24, 2.45) is 0 Å². The number of aromatic nitrogens is 2. The van der Waals surface area contributed by atoms with Gasteiger partial charge in [-0.05, 0) is 44.4 Å². The van der Waals surface area contributed by atoms with Gasteiger partial charge in [0.05, 0.1) is 11.0 Å². The summed E-state index contributed by atoms with van der Waals surface area (Å²) in [5, 5.41) is 3.63. The molecule has 1 N–H and O–H groups in total. The van der Waals surface area contributed by atoms with E-state index in [9.17, 15) is 0 Å². The quantitative estimate of drug-likeness (QED) is 0.919. The standard InChI is InChI=1S/C17H25N3/c1-3-17-19-15-10-5-6-11-16(15)20(17)14-9-7-8-13(12-14)18-4-2/h5-6,10-11,13-14,18H,3-4,7-9,12H2,1-2H3. The molecule has 20 heavy (non-hydrogen) atoms. The SMILES string of the molecule is CCNC1CCCC(n2c(CC)nc3ccccc32)C1. The van der Waals surface area contributed by atoms with Gasteiger partial charge in [0.2, 0.25) is 0 Å². The Morgan fingerprint density at radius 2 is 2.10 bits per heavy atom. The van der Waals surface area contributed by atoms with Crippen LogP contribution in [0.15, 0.2) is 24.3 Å². The van der Waals surface area contributed by atoms with Gasteiger partial charge >= 0.3 is 0 Å². The average Bonchev–Trinajstić information content (AvgIpc) is 2.86. The molecule has 0 amide bonds. The Labute approximate surface area is 121 Å². The van der Waals surface area contributed by atoms with Crippen LogP contribution in [0.2, 0.25) is 0 Å². The molecule has 3 heteroatoms. The summed E-state index contributed by atoms with van der Waals surface area (Å²) in [6.45, 7) is 5.48. The van der Waals surface area contributed by atoms with Crippen LogP contribution in [0.25, 0.3) is 11.0 Å². The first-order valence-electron chi connectivity index (χ1n) is 8.02. The van der Waals surface area contributed by atoms with E-state index in [1.165, 1.54) is 37.0 Å². The highest BCUT2D eigenvalue weighted by Crippen LogP contribution is 2.32. The number of para-hydroxylation sites is 2. The number of fused-ring (bicyclic) bond motifs is 1. The molecule has 1 fully saturated rings. The van der Waals surface area contributed by atoms with E-state index in [0.29, 0.717) is 12.1 Å². The smallest absolute Gasteiger partial charge is 0.109 e. The van der Waals surface area contributed by atoms with Gasteiger partial charge in [-0.25, -0.2) is 4.98 Å². The second-order valence-corrected chi connectivity index (χ2v) is 5.82. The predicted octanol–water partition coefficient (Wildman–Crippen LogP) is 3.69. The number of benzene rings is 1. The topological polar surface area (TPSA) is 29.9 Å². The average molecular weight is 271 g/mol. The van der Waals surface area contributed by atoms with Gasteiger partial charge < -0.3 is 9.88 Å². The monoisotopic (exact) mass is 271 g/mol. The second-order valence-electron chi connectivity index (χ2n) is 5.82. The molecular formula is C17H25N3. The number of imidazole rings is 1. The predicted molar refractivity (Wildman–Crippen MR) is 84.1 cm³/mol. The Morgan fingerprint density at radius 3 is 2.90 bits per heavy atom. The zero-order chi connectivity index (χ0) is 13.9. The molecule has 0 aliphatic heterocycles. The summed E-state index contributed by atoms with van der Waals surface area (Å²) in [6.07, 6.45) is 6.17. The number of nitrogens with one attached hydrogen (secondary N) is 1. The second kappa shape index (κ2) is 5.96. The number of aryl methyl sites for hydroxylation is 1. The van der Waals surface area contributed by atoms with Gasteiger partial charge in [0.25, 0.3) is 0 Å². The Kier molecular flexibility index (Phi) is 4.06. The van der Waals surface area contributed by atoms with Crippen molar-refractivity contribution in [3.8, 4) is 0 Å². The lowest BCUT2D eigenvalue weighted by Gasteiger charge is -2.31. The van der Waals surface area contributed by atoms with Crippen molar-refractivity contribution in [1.29, 1.82) is 0 Å². The van der Waals surface area contributed by atoms with Crippen molar-refractivity contribution in [3.63, 3.8) is 0 Å². The van der Waals surface area contributed by atoms with E-state index >= 15 is 0 Å². The molecule has 0 radical (unpaired) electrons. The summed E-state index contributed by atoms with van der Waals surface area (Å²) in [4.78, 5) is 4.82. The largest absolute Gasteiger partial charge is 0.325 e. The first-order valence-corrected chi connectivity index (χ1v) is 8.02. The van der Waals surface area contributed by atoms with Crippen molar-refractivity contribution in [1.82, 2.24) is 14.9 Å². The maximum absolute atomic E-state index is 4.82. The van der Waals surface area contributed by atoms with E-state index in [4.69, 9.17) is 4.98 Å². The molecule has 0 spiro atoms. The molecule has 1 aliphatic rings. The van der Waals surface area contributed by atoms with Crippen molar-refractivity contribution < 1.29 is 0 Å². The molecule has 1 aromatic carbocycles. The van der Waals surface area contributed by atoms with Crippen LogP contribution in [0.5, 0.6) is 0 Å². The third-order valence-electron chi connectivity index (χ3n) is 4.49. The van der Waals surface area contributed by atoms with Crippen LogP contribution in [0, 0.1) is 0 Å². The van der Waals surface area contributed by atoms with Gasteiger partial charge in [-0.3, -0.25) is 0 Å². The van der Waals surface area contributed by atoms with Gasteiger partial charge in [0, 0.05) is 18.5 Å². The molecule has 108 valence electrons. The molecule has 1 aromatic heterocycles. The van der Waals surface area contributed by atoms with Gasteiger partial charge in [-0.15, -0.1) is 0 Å². The number of rotatable bonds is 4. The maximum Gasteiger partial charge on any atom is 0.109 e.